The average molecular weight is 391 g/mol. The van der Waals surface area contributed by atoms with Crippen LogP contribution in [0, 0.1) is 5.92 Å². The minimum Gasteiger partial charge on any atom is -0.492 e. The maximum Gasteiger partial charge on any atom is 0.230 e. The Bertz CT molecular complexity index is 904. The molecule has 2 aromatic heterocycles. The Morgan fingerprint density at radius 3 is 2.77 bits per heavy atom. The van der Waals surface area contributed by atoms with Crippen LogP contribution in [0.2, 0.25) is 5.02 Å². The highest BCUT2D eigenvalue weighted by atomic mass is 35.5. The van der Waals surface area contributed by atoms with Crippen molar-refractivity contribution >= 4 is 27.9 Å². The third kappa shape index (κ3) is 3.21. The highest BCUT2D eigenvalue weighted by molar-refractivity contribution is 7.17. The molecule has 0 saturated carbocycles. The second kappa shape index (κ2) is 7.18. The van der Waals surface area contributed by atoms with Gasteiger partial charge in [-0.25, -0.2) is 4.98 Å². The topological polar surface area (TPSA) is 53.7 Å². The van der Waals surface area contributed by atoms with Gasteiger partial charge in [-0.3, -0.25) is 4.90 Å². The Morgan fingerprint density at radius 2 is 2.12 bits per heavy atom. The Kier molecular flexibility index (Phi) is 4.90. The normalized spacial score (nSPS) is 19.9. The van der Waals surface area contributed by atoms with Gasteiger partial charge in [-0.05, 0) is 43.0 Å². The first-order chi connectivity index (χ1) is 12.6. The Morgan fingerprint density at radius 1 is 1.35 bits per heavy atom. The van der Waals surface area contributed by atoms with E-state index >= 15 is 0 Å². The molecule has 1 aliphatic heterocycles. The number of aryl methyl sites for hydroxylation is 1. The first-order valence-corrected chi connectivity index (χ1v) is 10.3. The number of fused-ring (bicyclic) bond motifs is 1. The molecule has 3 heterocycles. The lowest BCUT2D eigenvalue weighted by Crippen LogP contribution is -2.37. The van der Waals surface area contributed by atoms with Gasteiger partial charge in [0.15, 0.2) is 5.82 Å². The molecule has 1 N–H and O–H groups in total. The van der Waals surface area contributed by atoms with E-state index in [1.165, 1.54) is 24.2 Å². The largest absolute Gasteiger partial charge is 0.492 e. The van der Waals surface area contributed by atoms with Crippen LogP contribution in [0.5, 0.6) is 5.88 Å². The molecule has 138 valence electrons. The summed E-state index contributed by atoms with van der Waals surface area (Å²) >= 11 is 7.63. The predicted octanol–water partition coefficient (Wildman–Crippen LogP) is 4.53. The van der Waals surface area contributed by atoms with Crippen LogP contribution in [-0.4, -0.2) is 37.7 Å². The summed E-state index contributed by atoms with van der Waals surface area (Å²) in [6, 6.07) is 7.94. The molecule has 0 aliphatic carbocycles. The molecule has 0 bridgehead atoms. The Labute approximate surface area is 162 Å². The summed E-state index contributed by atoms with van der Waals surface area (Å²) < 4.78 is 1.58. The van der Waals surface area contributed by atoms with Crippen LogP contribution in [0.1, 0.15) is 49.0 Å². The molecule has 0 amide bonds. The van der Waals surface area contributed by atoms with Gasteiger partial charge in [-0.15, -0.1) is 5.10 Å². The van der Waals surface area contributed by atoms with Crippen LogP contribution in [0.15, 0.2) is 24.3 Å². The lowest BCUT2D eigenvalue weighted by Gasteiger charge is -2.37. The number of piperidine rings is 1. The number of halogens is 1. The number of hydrogen-bond donors (Lipinski definition) is 1. The summed E-state index contributed by atoms with van der Waals surface area (Å²) in [6.07, 6.45) is 3.19. The Hall–Kier alpha value is -1.63. The van der Waals surface area contributed by atoms with E-state index < -0.39 is 0 Å². The van der Waals surface area contributed by atoms with Crippen LogP contribution in [-0.2, 0) is 6.42 Å². The fraction of sp³-hybridized carbons (Fsp3) is 0.474. The zero-order chi connectivity index (χ0) is 18.3. The first-order valence-electron chi connectivity index (χ1n) is 9.13. The van der Waals surface area contributed by atoms with E-state index in [1.54, 1.807) is 4.52 Å². The van der Waals surface area contributed by atoms with Gasteiger partial charge >= 0.3 is 0 Å². The molecule has 2 unspecified atom stereocenters. The van der Waals surface area contributed by atoms with Gasteiger partial charge in [-0.2, -0.15) is 4.52 Å². The minimum absolute atomic E-state index is 0.00593. The second-order valence-corrected chi connectivity index (χ2v) is 8.51. The van der Waals surface area contributed by atoms with Gasteiger partial charge in [-0.1, -0.05) is 48.9 Å². The number of likely N-dealkylation sites (tertiary alicyclic amines) is 1. The molecule has 2 atom stereocenters. The van der Waals surface area contributed by atoms with Gasteiger partial charge in [0, 0.05) is 18.0 Å². The molecular formula is C19H23ClN4OS. The number of nitrogens with zero attached hydrogens (tertiary/aromatic N) is 4. The number of rotatable bonds is 4. The molecule has 1 saturated heterocycles. The van der Waals surface area contributed by atoms with Crippen LogP contribution in [0.25, 0.3) is 4.96 Å². The lowest BCUT2D eigenvalue weighted by molar-refractivity contribution is 0.149. The van der Waals surface area contributed by atoms with Gasteiger partial charge in [0.25, 0.3) is 0 Å². The fourth-order valence-corrected chi connectivity index (χ4v) is 5.01. The van der Waals surface area contributed by atoms with Crippen LogP contribution < -0.4 is 0 Å². The van der Waals surface area contributed by atoms with E-state index in [1.807, 2.05) is 19.1 Å². The smallest absolute Gasteiger partial charge is 0.230 e. The van der Waals surface area contributed by atoms with Crippen LogP contribution >= 0.6 is 22.9 Å². The van der Waals surface area contributed by atoms with E-state index in [0.717, 1.165) is 45.8 Å². The van der Waals surface area contributed by atoms with Crippen molar-refractivity contribution in [2.45, 2.75) is 39.2 Å². The zero-order valence-corrected chi connectivity index (χ0v) is 16.6. The molecule has 4 rings (SSSR count). The van der Waals surface area contributed by atoms with Gasteiger partial charge in [0.2, 0.25) is 10.8 Å². The van der Waals surface area contributed by atoms with Crippen LogP contribution in [0.4, 0.5) is 0 Å². The van der Waals surface area contributed by atoms with Gasteiger partial charge in [0.05, 0.1) is 10.9 Å². The van der Waals surface area contributed by atoms with Crippen molar-refractivity contribution in [3.05, 3.63) is 45.6 Å². The summed E-state index contributed by atoms with van der Waals surface area (Å²) in [6.45, 7) is 6.34. The van der Waals surface area contributed by atoms with Gasteiger partial charge in [0.1, 0.15) is 0 Å². The highest BCUT2D eigenvalue weighted by Crippen LogP contribution is 2.41. The monoisotopic (exact) mass is 390 g/mol. The van der Waals surface area contributed by atoms with E-state index in [9.17, 15) is 5.11 Å². The number of hydrogen-bond acceptors (Lipinski definition) is 5. The predicted molar refractivity (Wildman–Crippen MR) is 105 cm³/mol. The third-order valence-electron chi connectivity index (χ3n) is 5.05. The Balaban J connectivity index is 1.80. The van der Waals surface area contributed by atoms with E-state index in [-0.39, 0.29) is 11.9 Å². The quantitative estimate of drug-likeness (QED) is 0.710. The molecule has 3 aromatic rings. The van der Waals surface area contributed by atoms with Crippen molar-refractivity contribution in [3.63, 3.8) is 0 Å². The molecule has 1 aliphatic rings. The maximum absolute atomic E-state index is 10.9. The average Bonchev–Trinajstić information content (AvgIpc) is 3.17. The maximum atomic E-state index is 10.9. The first kappa shape index (κ1) is 17.8. The summed E-state index contributed by atoms with van der Waals surface area (Å²) in [5.74, 6) is 1.61. The number of aromatic hydroxyl groups is 1. The molecule has 1 aromatic carbocycles. The van der Waals surface area contributed by atoms with Crippen molar-refractivity contribution in [1.29, 1.82) is 0 Å². The van der Waals surface area contributed by atoms with E-state index in [2.05, 4.69) is 34.0 Å². The van der Waals surface area contributed by atoms with Crippen molar-refractivity contribution in [2.24, 2.45) is 5.92 Å². The number of aromatic nitrogens is 3. The zero-order valence-electron chi connectivity index (χ0n) is 15.0. The van der Waals surface area contributed by atoms with E-state index in [0.29, 0.717) is 5.92 Å². The molecule has 0 spiro atoms. The third-order valence-corrected chi connectivity index (χ3v) is 6.37. The van der Waals surface area contributed by atoms with E-state index in [4.69, 9.17) is 11.6 Å². The molecule has 0 radical (unpaired) electrons. The summed E-state index contributed by atoms with van der Waals surface area (Å²) in [4.78, 5) is 8.65. The van der Waals surface area contributed by atoms with Crippen molar-refractivity contribution < 1.29 is 5.11 Å². The fourth-order valence-electron chi connectivity index (χ4n) is 3.75. The SMILES string of the molecule is CCc1nc2sc(C(c3ccc(Cl)cc3)N3CCCC(C)C3)c(O)n2n1. The van der Waals surface area contributed by atoms with Crippen molar-refractivity contribution in [1.82, 2.24) is 19.5 Å². The lowest BCUT2D eigenvalue weighted by atomic mass is 9.95. The summed E-state index contributed by atoms with van der Waals surface area (Å²) in [7, 11) is 0. The summed E-state index contributed by atoms with van der Waals surface area (Å²) in [5, 5.41) is 16.0. The van der Waals surface area contributed by atoms with Crippen LogP contribution in [0.3, 0.4) is 0 Å². The summed E-state index contributed by atoms with van der Waals surface area (Å²) in [5.41, 5.74) is 1.14. The second-order valence-electron chi connectivity index (χ2n) is 7.06. The standard InChI is InChI=1S/C19H23ClN4OS/c1-3-15-21-19-24(22-15)18(25)17(26-19)16(13-6-8-14(20)9-7-13)23-10-4-5-12(2)11-23/h6-9,12,16,25H,3-5,10-11H2,1-2H3. The highest BCUT2D eigenvalue weighted by Gasteiger charge is 2.31. The molecule has 26 heavy (non-hydrogen) atoms. The minimum atomic E-state index is -0.00593. The molecular weight excluding hydrogens is 368 g/mol. The van der Waals surface area contributed by atoms with Crippen molar-refractivity contribution in [2.75, 3.05) is 13.1 Å². The molecule has 1 fully saturated rings. The molecule has 5 nitrogen and oxygen atoms in total. The van der Waals surface area contributed by atoms with Crippen molar-refractivity contribution in [3.8, 4) is 5.88 Å². The van der Waals surface area contributed by atoms with Gasteiger partial charge < -0.3 is 5.11 Å². The number of benzene rings is 1. The molecule has 7 heteroatoms. The number of thiazole rings is 1.